The van der Waals surface area contributed by atoms with E-state index in [0.29, 0.717) is 11.1 Å². The predicted molar refractivity (Wildman–Crippen MR) is 81.0 cm³/mol. The average molecular weight is 302 g/mol. The molecule has 0 aliphatic carbocycles. The molecule has 1 aliphatic heterocycles. The Labute approximate surface area is 128 Å². The van der Waals surface area contributed by atoms with Crippen molar-refractivity contribution in [3.05, 3.63) is 35.4 Å². The van der Waals surface area contributed by atoms with Gasteiger partial charge < -0.3 is 5.73 Å². The molecule has 1 aromatic rings. The number of nitrogens with one attached hydrogen (secondary N) is 1. The van der Waals surface area contributed by atoms with Gasteiger partial charge in [-0.1, -0.05) is 26.0 Å². The Bertz CT molecular complexity index is 632. The molecule has 116 valence electrons. The molecule has 1 aromatic carbocycles. The molecule has 0 radical (unpaired) electrons. The van der Waals surface area contributed by atoms with Gasteiger partial charge in [0.05, 0.1) is 17.2 Å². The SMILES string of the molecule is CC(C)C(=O)N/N=C(/N)[C@@H](C)N1C(=O)c2ccccc2C1=O. The Morgan fingerprint density at radius 3 is 2.09 bits per heavy atom. The second kappa shape index (κ2) is 5.97. The number of carbonyl (C=O) groups is 3. The third-order valence-corrected chi connectivity index (χ3v) is 3.46. The number of nitrogens with zero attached hydrogens (tertiary/aromatic N) is 2. The van der Waals surface area contributed by atoms with Crippen LogP contribution in [0.5, 0.6) is 0 Å². The molecule has 7 nitrogen and oxygen atoms in total. The van der Waals surface area contributed by atoms with Crippen LogP contribution in [-0.2, 0) is 4.79 Å². The Balaban J connectivity index is 2.19. The number of carbonyl (C=O) groups excluding carboxylic acids is 3. The number of amides is 3. The van der Waals surface area contributed by atoms with Crippen molar-refractivity contribution >= 4 is 23.6 Å². The van der Waals surface area contributed by atoms with Crippen LogP contribution in [0.25, 0.3) is 0 Å². The van der Waals surface area contributed by atoms with Crippen molar-refractivity contribution in [1.29, 1.82) is 0 Å². The van der Waals surface area contributed by atoms with Gasteiger partial charge in [0.25, 0.3) is 11.8 Å². The highest BCUT2D eigenvalue weighted by atomic mass is 16.2. The zero-order valence-corrected chi connectivity index (χ0v) is 12.7. The molecule has 2 rings (SSSR count). The van der Waals surface area contributed by atoms with E-state index in [2.05, 4.69) is 10.5 Å². The number of fused-ring (bicyclic) bond motifs is 1. The van der Waals surface area contributed by atoms with Crippen molar-refractivity contribution in [3.8, 4) is 0 Å². The van der Waals surface area contributed by atoms with Crippen molar-refractivity contribution in [3.63, 3.8) is 0 Å². The highest BCUT2D eigenvalue weighted by Gasteiger charge is 2.39. The van der Waals surface area contributed by atoms with Gasteiger partial charge in [-0.3, -0.25) is 19.3 Å². The third kappa shape index (κ3) is 2.69. The van der Waals surface area contributed by atoms with Crippen molar-refractivity contribution < 1.29 is 14.4 Å². The summed E-state index contributed by atoms with van der Waals surface area (Å²) in [4.78, 5) is 37.1. The maximum atomic E-state index is 12.3. The minimum absolute atomic E-state index is 0.0106. The minimum atomic E-state index is -0.750. The first-order chi connectivity index (χ1) is 10.3. The fraction of sp³-hybridized carbons (Fsp3) is 0.333. The smallest absolute Gasteiger partial charge is 0.262 e. The van der Waals surface area contributed by atoms with Gasteiger partial charge in [-0.15, -0.1) is 0 Å². The third-order valence-electron chi connectivity index (χ3n) is 3.46. The summed E-state index contributed by atoms with van der Waals surface area (Å²) in [7, 11) is 0. The summed E-state index contributed by atoms with van der Waals surface area (Å²) in [6, 6.07) is 5.82. The molecule has 3 N–H and O–H groups in total. The van der Waals surface area contributed by atoms with Gasteiger partial charge in [0.2, 0.25) is 5.91 Å². The molecule has 1 aliphatic rings. The summed E-state index contributed by atoms with van der Waals surface area (Å²) in [6.45, 7) is 5.02. The monoisotopic (exact) mass is 302 g/mol. The fourth-order valence-electron chi connectivity index (χ4n) is 2.03. The Hall–Kier alpha value is -2.70. The topological polar surface area (TPSA) is 105 Å². The molecule has 3 amide bonds. The van der Waals surface area contributed by atoms with Crippen LogP contribution < -0.4 is 11.2 Å². The number of hydrogen-bond donors (Lipinski definition) is 2. The number of rotatable bonds is 4. The number of hydrazone groups is 1. The highest BCUT2D eigenvalue weighted by molar-refractivity contribution is 6.22. The summed E-state index contributed by atoms with van der Waals surface area (Å²) in [6.07, 6.45) is 0. The lowest BCUT2D eigenvalue weighted by atomic mass is 10.1. The van der Waals surface area contributed by atoms with Crippen molar-refractivity contribution in [2.24, 2.45) is 16.8 Å². The molecular formula is C15H18N4O3. The first-order valence-electron chi connectivity index (χ1n) is 6.94. The second-order valence-electron chi connectivity index (χ2n) is 5.37. The minimum Gasteiger partial charge on any atom is -0.384 e. The average Bonchev–Trinajstić information content (AvgIpc) is 2.75. The zero-order valence-electron chi connectivity index (χ0n) is 12.7. The zero-order chi connectivity index (χ0) is 16.4. The summed E-state index contributed by atoms with van der Waals surface area (Å²) >= 11 is 0. The normalized spacial score (nSPS) is 16.0. The molecule has 1 atom stereocenters. The van der Waals surface area contributed by atoms with Crippen LogP contribution in [-0.4, -0.2) is 34.5 Å². The van der Waals surface area contributed by atoms with Crippen LogP contribution >= 0.6 is 0 Å². The highest BCUT2D eigenvalue weighted by Crippen LogP contribution is 2.24. The van der Waals surface area contributed by atoms with E-state index in [-0.39, 0.29) is 17.7 Å². The van der Waals surface area contributed by atoms with E-state index < -0.39 is 17.9 Å². The summed E-state index contributed by atoms with van der Waals surface area (Å²) in [5.74, 6) is -1.38. The first-order valence-corrected chi connectivity index (χ1v) is 6.94. The van der Waals surface area contributed by atoms with Gasteiger partial charge in [0, 0.05) is 5.92 Å². The molecule has 0 saturated heterocycles. The molecule has 0 unspecified atom stereocenters. The van der Waals surface area contributed by atoms with Gasteiger partial charge in [0.1, 0.15) is 5.84 Å². The summed E-state index contributed by atoms with van der Waals surface area (Å²) in [5, 5.41) is 3.77. The summed E-state index contributed by atoms with van der Waals surface area (Å²) in [5.41, 5.74) is 8.80. The van der Waals surface area contributed by atoms with E-state index in [9.17, 15) is 14.4 Å². The molecule has 22 heavy (non-hydrogen) atoms. The van der Waals surface area contributed by atoms with Gasteiger partial charge in [-0.05, 0) is 19.1 Å². The molecule has 0 spiro atoms. The van der Waals surface area contributed by atoms with Crippen LogP contribution in [0, 0.1) is 5.92 Å². The molecule has 0 saturated carbocycles. The lowest BCUT2D eigenvalue weighted by molar-refractivity contribution is -0.123. The molecule has 1 heterocycles. The van der Waals surface area contributed by atoms with E-state index >= 15 is 0 Å². The second-order valence-corrected chi connectivity index (χ2v) is 5.37. The van der Waals surface area contributed by atoms with Gasteiger partial charge in [0.15, 0.2) is 0 Å². The van der Waals surface area contributed by atoms with E-state index in [1.807, 2.05) is 0 Å². The van der Waals surface area contributed by atoms with Crippen molar-refractivity contribution in [2.45, 2.75) is 26.8 Å². The van der Waals surface area contributed by atoms with Gasteiger partial charge in [-0.25, -0.2) is 5.43 Å². The van der Waals surface area contributed by atoms with Crippen LogP contribution in [0.4, 0.5) is 0 Å². The van der Waals surface area contributed by atoms with E-state index in [0.717, 1.165) is 4.90 Å². The lowest BCUT2D eigenvalue weighted by Crippen LogP contribution is -2.47. The van der Waals surface area contributed by atoms with Crippen molar-refractivity contribution in [1.82, 2.24) is 10.3 Å². The molecular weight excluding hydrogens is 284 g/mol. The standard InChI is InChI=1S/C15H18N4O3/c1-8(2)13(20)18-17-12(16)9(3)19-14(21)10-6-4-5-7-11(10)15(19)22/h4-9H,1-3H3,(H2,16,17)(H,18,20)/t9-/m1/s1. The maximum absolute atomic E-state index is 12.3. The molecule has 0 aromatic heterocycles. The Morgan fingerprint density at radius 1 is 1.14 bits per heavy atom. The quantitative estimate of drug-likeness (QED) is 0.370. The Morgan fingerprint density at radius 2 is 1.64 bits per heavy atom. The molecule has 0 fully saturated rings. The number of imide groups is 1. The number of hydrogen-bond acceptors (Lipinski definition) is 4. The van der Waals surface area contributed by atoms with Gasteiger partial charge in [-0.2, -0.15) is 5.10 Å². The van der Waals surface area contributed by atoms with E-state index in [1.54, 1.807) is 45.0 Å². The van der Waals surface area contributed by atoms with Crippen molar-refractivity contribution in [2.75, 3.05) is 0 Å². The Kier molecular flexibility index (Phi) is 4.25. The van der Waals surface area contributed by atoms with Crippen LogP contribution in [0.2, 0.25) is 0 Å². The van der Waals surface area contributed by atoms with E-state index in [1.165, 1.54) is 0 Å². The molecule has 7 heteroatoms. The predicted octanol–water partition coefficient (Wildman–Crippen LogP) is 0.716. The van der Waals surface area contributed by atoms with Crippen LogP contribution in [0.3, 0.4) is 0 Å². The number of nitrogens with two attached hydrogens (primary N) is 1. The number of amidine groups is 1. The fourth-order valence-corrected chi connectivity index (χ4v) is 2.03. The largest absolute Gasteiger partial charge is 0.384 e. The van der Waals surface area contributed by atoms with Gasteiger partial charge >= 0.3 is 0 Å². The van der Waals surface area contributed by atoms with Crippen LogP contribution in [0.1, 0.15) is 41.5 Å². The summed E-state index contributed by atoms with van der Waals surface area (Å²) < 4.78 is 0. The first kappa shape index (κ1) is 15.7. The number of benzene rings is 1. The molecule has 0 bridgehead atoms. The van der Waals surface area contributed by atoms with Crippen LogP contribution in [0.15, 0.2) is 29.4 Å². The lowest BCUT2D eigenvalue weighted by Gasteiger charge is -2.21. The maximum Gasteiger partial charge on any atom is 0.262 e. The van der Waals surface area contributed by atoms with E-state index in [4.69, 9.17) is 5.73 Å².